The Kier molecular flexibility index (Phi) is 4.38. The van der Waals surface area contributed by atoms with E-state index in [4.69, 9.17) is 4.74 Å². The van der Waals surface area contributed by atoms with E-state index in [9.17, 15) is 9.18 Å². The predicted molar refractivity (Wildman–Crippen MR) is 77.2 cm³/mol. The zero-order chi connectivity index (χ0) is 14.7. The fourth-order valence-electron chi connectivity index (χ4n) is 2.64. The molecule has 2 rings (SSSR count). The summed E-state index contributed by atoms with van der Waals surface area (Å²) in [6.07, 6.45) is 1.08. The largest absolute Gasteiger partial charge is 0.466 e. The Balaban J connectivity index is 2.51. The van der Waals surface area contributed by atoms with E-state index in [0.29, 0.717) is 12.0 Å². The summed E-state index contributed by atoms with van der Waals surface area (Å²) < 4.78 is 19.7. The topological polar surface area (TPSA) is 26.3 Å². The third-order valence-electron chi connectivity index (χ3n) is 3.72. The Morgan fingerprint density at radius 2 is 1.90 bits per heavy atom. The monoisotopic (exact) mass is 274 g/mol. The van der Waals surface area contributed by atoms with E-state index in [1.807, 2.05) is 44.2 Å². The average molecular weight is 274 g/mol. The molecule has 0 unspecified atom stereocenters. The molecule has 0 radical (unpaired) electrons. The number of halogens is 1. The number of esters is 1. The van der Waals surface area contributed by atoms with Gasteiger partial charge < -0.3 is 4.74 Å². The average Bonchev–Trinajstić information content (AvgIpc) is 2.46. The minimum atomic E-state index is -1.18. The third kappa shape index (κ3) is 2.67. The van der Waals surface area contributed by atoms with Crippen LogP contribution in [0.4, 0.5) is 4.39 Å². The number of methoxy groups -OCH3 is 1. The van der Waals surface area contributed by atoms with Crippen LogP contribution in [-0.4, -0.2) is 19.3 Å². The van der Waals surface area contributed by atoms with Crippen LogP contribution in [0.3, 0.4) is 0 Å². The molecule has 2 nitrogen and oxygen atoms in total. The van der Waals surface area contributed by atoms with Crippen LogP contribution < -0.4 is 0 Å². The van der Waals surface area contributed by atoms with Gasteiger partial charge in [0.15, 0.2) is 0 Å². The number of carbonyl (C=O) groups excluding carboxylic acids is 1. The molecule has 1 aliphatic carbocycles. The quantitative estimate of drug-likeness (QED) is 0.603. The molecule has 0 heterocycles. The van der Waals surface area contributed by atoms with Crippen molar-refractivity contribution < 1.29 is 13.9 Å². The Morgan fingerprint density at radius 1 is 1.25 bits per heavy atom. The van der Waals surface area contributed by atoms with Crippen LogP contribution in [0.25, 0.3) is 0 Å². The van der Waals surface area contributed by atoms with Crippen LogP contribution in [0.1, 0.15) is 31.7 Å². The highest BCUT2D eigenvalue weighted by molar-refractivity contribution is 5.91. The lowest BCUT2D eigenvalue weighted by Crippen LogP contribution is -2.27. The molecule has 2 atom stereocenters. The number of allylic oxidation sites excluding steroid dienone is 3. The van der Waals surface area contributed by atoms with Gasteiger partial charge in [0, 0.05) is 5.57 Å². The second-order valence-corrected chi connectivity index (χ2v) is 5.17. The van der Waals surface area contributed by atoms with Gasteiger partial charge in [0.05, 0.1) is 13.0 Å². The summed E-state index contributed by atoms with van der Waals surface area (Å²) in [7, 11) is 1.33. The van der Waals surface area contributed by atoms with E-state index in [1.165, 1.54) is 7.11 Å². The predicted octanol–water partition coefficient (Wildman–Crippen LogP) is 3.95. The highest BCUT2D eigenvalue weighted by Crippen LogP contribution is 2.40. The second-order valence-electron chi connectivity index (χ2n) is 5.17. The molecule has 1 aromatic rings. The maximum Gasteiger partial charge on any atom is 0.334 e. The minimum absolute atomic E-state index is 0.413. The molecule has 0 aromatic heterocycles. The van der Waals surface area contributed by atoms with Crippen molar-refractivity contribution in [2.24, 2.45) is 0 Å². The van der Waals surface area contributed by atoms with E-state index in [1.54, 1.807) is 6.08 Å². The van der Waals surface area contributed by atoms with Gasteiger partial charge in [0.25, 0.3) is 0 Å². The molecule has 106 valence electrons. The lowest BCUT2D eigenvalue weighted by molar-refractivity contribution is -0.136. The zero-order valence-electron chi connectivity index (χ0n) is 12.0. The van der Waals surface area contributed by atoms with Crippen molar-refractivity contribution in [3.63, 3.8) is 0 Å². The highest BCUT2D eigenvalue weighted by atomic mass is 19.1. The summed E-state index contributed by atoms with van der Waals surface area (Å²) in [5.41, 5.74) is 2.94. The van der Waals surface area contributed by atoms with E-state index in [0.717, 1.165) is 16.7 Å². The number of hydrogen-bond donors (Lipinski definition) is 0. The van der Waals surface area contributed by atoms with Crippen LogP contribution in [0.5, 0.6) is 0 Å². The van der Waals surface area contributed by atoms with Crippen molar-refractivity contribution in [3.05, 3.63) is 58.7 Å². The Bertz CT molecular complexity index is 554. The number of rotatable bonds is 2. The van der Waals surface area contributed by atoms with Gasteiger partial charge in [-0.05, 0) is 31.4 Å². The van der Waals surface area contributed by atoms with Gasteiger partial charge in [-0.25, -0.2) is 9.18 Å². The molecule has 0 bridgehead atoms. The first-order chi connectivity index (χ1) is 9.56. The SMILES string of the molecule is COC(=O)C1=CCC(=C(C)C)[C@H](F)[C@H]1c1ccccc1. The lowest BCUT2D eigenvalue weighted by Gasteiger charge is -2.29. The van der Waals surface area contributed by atoms with E-state index in [2.05, 4.69) is 0 Å². The summed E-state index contributed by atoms with van der Waals surface area (Å²) in [4.78, 5) is 11.9. The first kappa shape index (κ1) is 14.5. The van der Waals surface area contributed by atoms with Crippen LogP contribution in [-0.2, 0) is 9.53 Å². The number of ether oxygens (including phenoxy) is 1. The molecule has 0 fully saturated rings. The second kappa shape index (κ2) is 6.04. The van der Waals surface area contributed by atoms with Crippen molar-refractivity contribution in [2.75, 3.05) is 7.11 Å². The molecule has 3 heteroatoms. The van der Waals surface area contributed by atoms with Gasteiger partial charge in [0.2, 0.25) is 0 Å². The molecule has 0 saturated heterocycles. The van der Waals surface area contributed by atoms with Gasteiger partial charge in [-0.3, -0.25) is 0 Å². The van der Waals surface area contributed by atoms with Crippen molar-refractivity contribution in [1.82, 2.24) is 0 Å². The lowest BCUT2D eigenvalue weighted by atomic mass is 9.77. The smallest absolute Gasteiger partial charge is 0.334 e. The van der Waals surface area contributed by atoms with E-state index >= 15 is 0 Å². The van der Waals surface area contributed by atoms with E-state index < -0.39 is 18.1 Å². The number of alkyl halides is 1. The summed E-state index contributed by atoms with van der Waals surface area (Å²) in [5, 5.41) is 0. The van der Waals surface area contributed by atoms with Crippen LogP contribution in [0, 0.1) is 0 Å². The molecule has 0 N–H and O–H groups in total. The maximum absolute atomic E-state index is 14.9. The van der Waals surface area contributed by atoms with Gasteiger partial charge in [0.1, 0.15) is 6.17 Å². The van der Waals surface area contributed by atoms with Crippen molar-refractivity contribution in [1.29, 1.82) is 0 Å². The van der Waals surface area contributed by atoms with Crippen molar-refractivity contribution in [2.45, 2.75) is 32.4 Å². The standard InChI is InChI=1S/C17H19FO2/c1-11(2)13-9-10-14(17(19)20-3)15(16(13)18)12-7-5-4-6-8-12/h4-8,10,15-16H,9H2,1-3H3/t15-,16-/m0/s1. The molecule has 0 amide bonds. The normalized spacial score (nSPS) is 22.2. The molecule has 1 aromatic carbocycles. The summed E-state index contributed by atoms with van der Waals surface area (Å²) in [6.45, 7) is 3.81. The first-order valence-electron chi connectivity index (χ1n) is 6.70. The molecule has 20 heavy (non-hydrogen) atoms. The number of carbonyl (C=O) groups is 1. The van der Waals surface area contributed by atoms with Gasteiger partial charge in [-0.1, -0.05) is 42.0 Å². The zero-order valence-corrected chi connectivity index (χ0v) is 12.0. The molecular weight excluding hydrogens is 255 g/mol. The number of hydrogen-bond acceptors (Lipinski definition) is 2. The minimum Gasteiger partial charge on any atom is -0.466 e. The summed E-state index contributed by atoms with van der Waals surface area (Å²) >= 11 is 0. The Morgan fingerprint density at radius 3 is 2.45 bits per heavy atom. The third-order valence-corrected chi connectivity index (χ3v) is 3.72. The van der Waals surface area contributed by atoms with Crippen LogP contribution in [0.15, 0.2) is 53.1 Å². The number of benzene rings is 1. The highest BCUT2D eigenvalue weighted by Gasteiger charge is 2.36. The fourth-order valence-corrected chi connectivity index (χ4v) is 2.64. The molecule has 1 aliphatic rings. The molecular formula is C17H19FO2. The molecule has 0 aliphatic heterocycles. The maximum atomic E-state index is 14.9. The van der Waals surface area contributed by atoms with Gasteiger partial charge in [-0.15, -0.1) is 0 Å². The Hall–Kier alpha value is -1.90. The molecule has 0 saturated carbocycles. The first-order valence-corrected chi connectivity index (χ1v) is 6.70. The molecule has 0 spiro atoms. The summed E-state index contributed by atoms with van der Waals surface area (Å²) in [5.74, 6) is -1.03. The fraction of sp³-hybridized carbons (Fsp3) is 0.353. The van der Waals surface area contributed by atoms with E-state index in [-0.39, 0.29) is 0 Å². The van der Waals surface area contributed by atoms with Crippen LogP contribution in [0.2, 0.25) is 0 Å². The van der Waals surface area contributed by atoms with Crippen molar-refractivity contribution in [3.8, 4) is 0 Å². The van der Waals surface area contributed by atoms with Gasteiger partial charge >= 0.3 is 5.97 Å². The van der Waals surface area contributed by atoms with Crippen LogP contribution >= 0.6 is 0 Å². The summed E-state index contributed by atoms with van der Waals surface area (Å²) in [6, 6.07) is 9.29. The van der Waals surface area contributed by atoms with Crippen molar-refractivity contribution >= 4 is 5.97 Å². The van der Waals surface area contributed by atoms with Gasteiger partial charge in [-0.2, -0.15) is 0 Å². The Labute approximate surface area is 119 Å².